The average Bonchev–Trinajstić information content (AvgIpc) is 2.64. The van der Waals surface area contributed by atoms with Crippen molar-refractivity contribution in [3.05, 3.63) is 0 Å². The normalized spacial score (nSPS) is 20.6. The van der Waals surface area contributed by atoms with Gasteiger partial charge in [-0.05, 0) is 40.2 Å². The minimum Gasteiger partial charge on any atom is -0.454 e. The Morgan fingerprint density at radius 2 is 2.12 bits per heavy atom. The molecule has 0 spiro atoms. The molecule has 0 radical (unpaired) electrons. The molecule has 0 aromatic rings. The molecule has 0 saturated carbocycles. The van der Waals surface area contributed by atoms with Gasteiger partial charge in [-0.1, -0.05) is 0 Å². The van der Waals surface area contributed by atoms with Gasteiger partial charge in [0.1, 0.15) is 6.04 Å². The number of hydrogen-bond donors (Lipinski definition) is 2. The number of ether oxygens (including phenoxy) is 1. The number of amides is 1. The third-order valence-electron chi connectivity index (χ3n) is 2.20. The molecule has 1 aliphatic rings. The lowest BCUT2D eigenvalue weighted by Gasteiger charge is -2.20. The minimum absolute atomic E-state index is 0.200. The van der Waals surface area contributed by atoms with Crippen molar-refractivity contribution in [2.24, 2.45) is 0 Å². The summed E-state index contributed by atoms with van der Waals surface area (Å²) in [5.74, 6) is -0.597. The highest BCUT2D eigenvalue weighted by atomic mass is 16.5. The van der Waals surface area contributed by atoms with Gasteiger partial charge in [-0.3, -0.25) is 9.59 Å². The zero-order valence-corrected chi connectivity index (χ0v) is 10.1. The smallest absolute Gasteiger partial charge is 0.323 e. The first-order chi connectivity index (χ1) is 7.38. The van der Waals surface area contributed by atoms with Gasteiger partial charge in [0.2, 0.25) is 0 Å². The predicted molar refractivity (Wildman–Crippen MR) is 59.9 cm³/mol. The van der Waals surface area contributed by atoms with Crippen LogP contribution in [0.15, 0.2) is 0 Å². The number of carbonyl (C=O) groups excluding carboxylic acids is 2. The Hall–Kier alpha value is -1.10. The second kappa shape index (κ2) is 5.30. The van der Waals surface area contributed by atoms with Gasteiger partial charge in [0.25, 0.3) is 5.91 Å². The second-order valence-electron chi connectivity index (χ2n) is 5.05. The Morgan fingerprint density at radius 1 is 1.44 bits per heavy atom. The molecule has 1 atom stereocenters. The standard InChI is InChI=1S/C11H20N2O3/c1-11(2,3)13-9(14)7-16-10(15)8-5-4-6-12-8/h8,12H,4-7H2,1-3H3,(H,13,14). The van der Waals surface area contributed by atoms with E-state index in [-0.39, 0.29) is 30.1 Å². The largest absolute Gasteiger partial charge is 0.454 e. The van der Waals surface area contributed by atoms with E-state index in [1.165, 1.54) is 0 Å². The van der Waals surface area contributed by atoms with Crippen molar-refractivity contribution in [2.75, 3.05) is 13.2 Å². The summed E-state index contributed by atoms with van der Waals surface area (Å²) < 4.78 is 4.92. The second-order valence-corrected chi connectivity index (χ2v) is 5.05. The van der Waals surface area contributed by atoms with Crippen LogP contribution in [0.1, 0.15) is 33.6 Å². The van der Waals surface area contributed by atoms with Gasteiger partial charge in [0, 0.05) is 5.54 Å². The molecule has 0 bridgehead atoms. The molecule has 2 N–H and O–H groups in total. The van der Waals surface area contributed by atoms with Crippen molar-refractivity contribution in [2.45, 2.75) is 45.2 Å². The molecule has 1 rings (SSSR count). The summed E-state index contributed by atoms with van der Waals surface area (Å²) in [6, 6.07) is -0.234. The lowest BCUT2D eigenvalue weighted by Crippen LogP contribution is -2.43. The van der Waals surface area contributed by atoms with Crippen LogP contribution in [0.5, 0.6) is 0 Å². The Labute approximate surface area is 95.9 Å². The maximum Gasteiger partial charge on any atom is 0.323 e. The number of carbonyl (C=O) groups is 2. The van der Waals surface area contributed by atoms with E-state index in [1.807, 2.05) is 20.8 Å². The van der Waals surface area contributed by atoms with E-state index < -0.39 is 0 Å². The Bertz CT molecular complexity index is 265. The van der Waals surface area contributed by atoms with Crippen LogP contribution in [0, 0.1) is 0 Å². The third kappa shape index (κ3) is 4.61. The van der Waals surface area contributed by atoms with Crippen LogP contribution in [-0.2, 0) is 14.3 Å². The van der Waals surface area contributed by atoms with Gasteiger partial charge in [0.05, 0.1) is 0 Å². The molecule has 0 aromatic heterocycles. The molecule has 5 heteroatoms. The van der Waals surface area contributed by atoms with Crippen molar-refractivity contribution in [3.63, 3.8) is 0 Å². The van der Waals surface area contributed by atoms with Crippen LogP contribution in [0.3, 0.4) is 0 Å². The molecule has 1 heterocycles. The summed E-state index contributed by atoms with van der Waals surface area (Å²) in [6.07, 6.45) is 1.77. The number of esters is 1. The van der Waals surface area contributed by atoms with E-state index in [0.717, 1.165) is 19.4 Å². The number of hydrogen-bond acceptors (Lipinski definition) is 4. The summed E-state index contributed by atoms with van der Waals surface area (Å²) >= 11 is 0. The van der Waals surface area contributed by atoms with E-state index in [9.17, 15) is 9.59 Å². The lowest BCUT2D eigenvalue weighted by atomic mass is 10.1. The molecule has 0 aromatic carbocycles. The predicted octanol–water partition coefficient (Wildman–Crippen LogP) is 0.196. The zero-order valence-electron chi connectivity index (χ0n) is 10.1. The quantitative estimate of drug-likeness (QED) is 0.677. The van der Waals surface area contributed by atoms with E-state index in [0.29, 0.717) is 0 Å². The van der Waals surface area contributed by atoms with E-state index >= 15 is 0 Å². The third-order valence-corrected chi connectivity index (χ3v) is 2.20. The molecule has 0 aliphatic carbocycles. The van der Waals surface area contributed by atoms with Gasteiger partial charge in [0.15, 0.2) is 6.61 Å². The van der Waals surface area contributed by atoms with E-state index in [4.69, 9.17) is 4.74 Å². The first-order valence-electron chi connectivity index (χ1n) is 5.59. The minimum atomic E-state index is -0.332. The molecule has 1 unspecified atom stereocenters. The highest BCUT2D eigenvalue weighted by Gasteiger charge is 2.24. The van der Waals surface area contributed by atoms with Crippen molar-refractivity contribution < 1.29 is 14.3 Å². The summed E-state index contributed by atoms with van der Waals surface area (Å²) in [6.45, 7) is 6.28. The van der Waals surface area contributed by atoms with Gasteiger partial charge in [-0.2, -0.15) is 0 Å². The van der Waals surface area contributed by atoms with Crippen molar-refractivity contribution in [1.82, 2.24) is 10.6 Å². The van der Waals surface area contributed by atoms with Gasteiger partial charge < -0.3 is 15.4 Å². The molecule has 92 valence electrons. The van der Waals surface area contributed by atoms with Crippen LogP contribution >= 0.6 is 0 Å². The summed E-state index contributed by atoms with van der Waals surface area (Å²) in [7, 11) is 0. The molecule has 16 heavy (non-hydrogen) atoms. The fourth-order valence-electron chi connectivity index (χ4n) is 1.58. The van der Waals surface area contributed by atoms with Crippen LogP contribution in [0.2, 0.25) is 0 Å². The monoisotopic (exact) mass is 228 g/mol. The summed E-state index contributed by atoms with van der Waals surface area (Å²) in [4.78, 5) is 22.8. The van der Waals surface area contributed by atoms with Gasteiger partial charge in [-0.25, -0.2) is 0 Å². The van der Waals surface area contributed by atoms with Crippen LogP contribution < -0.4 is 10.6 Å². The molecule has 1 fully saturated rings. The highest BCUT2D eigenvalue weighted by molar-refractivity contribution is 5.82. The molecule has 5 nitrogen and oxygen atoms in total. The summed E-state index contributed by atoms with van der Waals surface area (Å²) in [5.41, 5.74) is -0.297. The zero-order chi connectivity index (χ0) is 12.2. The molecule has 1 aliphatic heterocycles. The van der Waals surface area contributed by atoms with Gasteiger partial charge in [-0.15, -0.1) is 0 Å². The number of rotatable bonds is 3. The van der Waals surface area contributed by atoms with E-state index in [2.05, 4.69) is 10.6 Å². The van der Waals surface area contributed by atoms with Gasteiger partial charge >= 0.3 is 5.97 Å². The van der Waals surface area contributed by atoms with Crippen molar-refractivity contribution >= 4 is 11.9 Å². The maximum atomic E-state index is 11.5. The lowest BCUT2D eigenvalue weighted by molar-refractivity contribution is -0.150. The summed E-state index contributed by atoms with van der Waals surface area (Å²) in [5, 5.41) is 5.75. The van der Waals surface area contributed by atoms with Crippen LogP contribution in [0.4, 0.5) is 0 Å². The maximum absolute atomic E-state index is 11.5. The molecular formula is C11H20N2O3. The van der Waals surface area contributed by atoms with Crippen molar-refractivity contribution in [3.8, 4) is 0 Å². The Morgan fingerprint density at radius 3 is 2.62 bits per heavy atom. The first kappa shape index (κ1) is 13.0. The van der Waals surface area contributed by atoms with E-state index in [1.54, 1.807) is 0 Å². The first-order valence-corrected chi connectivity index (χ1v) is 5.59. The SMILES string of the molecule is CC(C)(C)NC(=O)COC(=O)C1CCCN1. The Balaban J connectivity index is 2.23. The number of nitrogens with one attached hydrogen (secondary N) is 2. The average molecular weight is 228 g/mol. The fraction of sp³-hybridized carbons (Fsp3) is 0.818. The highest BCUT2D eigenvalue weighted by Crippen LogP contribution is 2.06. The molecular weight excluding hydrogens is 208 g/mol. The molecule has 1 amide bonds. The molecule has 1 saturated heterocycles. The topological polar surface area (TPSA) is 67.4 Å². The van der Waals surface area contributed by atoms with Crippen LogP contribution in [0.25, 0.3) is 0 Å². The Kier molecular flexibility index (Phi) is 4.29. The van der Waals surface area contributed by atoms with Crippen LogP contribution in [-0.4, -0.2) is 36.6 Å². The van der Waals surface area contributed by atoms with Crippen molar-refractivity contribution in [1.29, 1.82) is 0 Å². The fourth-order valence-corrected chi connectivity index (χ4v) is 1.58.